The fourth-order valence-corrected chi connectivity index (χ4v) is 5.25. The Hall–Kier alpha value is -2.06. The number of ether oxygens (including phenoxy) is 1. The largest absolute Gasteiger partial charge is 0.490 e. The molecule has 8 heteroatoms. The van der Waals surface area contributed by atoms with Crippen molar-refractivity contribution in [1.29, 1.82) is 0 Å². The Kier molecular flexibility index (Phi) is 5.22. The first-order chi connectivity index (χ1) is 12.6. The van der Waals surface area contributed by atoms with E-state index in [2.05, 4.69) is 4.72 Å². The van der Waals surface area contributed by atoms with Crippen LogP contribution in [-0.2, 0) is 14.8 Å². The topological polar surface area (TPSA) is 75.7 Å². The standard InChI is InChI=1S/C19H24N2O4S2/c1-5-10-21-15-11-14(20-27(23,24)17-9-6-13(2)26-17)7-8-16(15)25-12-19(3,4)18(21)22/h6-9,11,20H,5,10,12H2,1-4H3. The van der Waals surface area contributed by atoms with Gasteiger partial charge in [0.25, 0.3) is 10.0 Å². The highest BCUT2D eigenvalue weighted by Gasteiger charge is 2.37. The van der Waals surface area contributed by atoms with Gasteiger partial charge in [0.05, 0.1) is 16.8 Å². The van der Waals surface area contributed by atoms with E-state index in [1.807, 2.05) is 27.7 Å². The van der Waals surface area contributed by atoms with Gasteiger partial charge < -0.3 is 9.64 Å². The Labute approximate surface area is 164 Å². The molecule has 1 aliphatic heterocycles. The average Bonchev–Trinajstić information content (AvgIpc) is 3.02. The number of sulfonamides is 1. The molecule has 2 aromatic rings. The molecule has 6 nitrogen and oxygen atoms in total. The Morgan fingerprint density at radius 3 is 2.63 bits per heavy atom. The lowest BCUT2D eigenvalue weighted by Crippen LogP contribution is -2.42. The quantitative estimate of drug-likeness (QED) is 0.811. The third-order valence-electron chi connectivity index (χ3n) is 4.34. The molecule has 0 saturated heterocycles. The van der Waals surface area contributed by atoms with Gasteiger partial charge in [-0.2, -0.15) is 0 Å². The summed E-state index contributed by atoms with van der Waals surface area (Å²) in [7, 11) is -3.67. The van der Waals surface area contributed by atoms with Crippen molar-refractivity contribution in [3.8, 4) is 5.75 Å². The van der Waals surface area contributed by atoms with E-state index in [1.165, 1.54) is 11.3 Å². The van der Waals surface area contributed by atoms with Gasteiger partial charge in [-0.25, -0.2) is 8.42 Å². The average molecular weight is 409 g/mol. The number of thiophene rings is 1. The second-order valence-electron chi connectivity index (χ2n) is 7.28. The highest BCUT2D eigenvalue weighted by Crippen LogP contribution is 2.38. The Balaban J connectivity index is 1.98. The molecule has 0 radical (unpaired) electrons. The summed E-state index contributed by atoms with van der Waals surface area (Å²) < 4.78 is 33.9. The number of nitrogens with zero attached hydrogens (tertiary/aromatic N) is 1. The molecule has 2 heterocycles. The summed E-state index contributed by atoms with van der Waals surface area (Å²) in [6.07, 6.45) is 0.783. The van der Waals surface area contributed by atoms with E-state index in [1.54, 1.807) is 35.2 Å². The lowest BCUT2D eigenvalue weighted by molar-refractivity contribution is -0.127. The fraction of sp³-hybridized carbons (Fsp3) is 0.421. The lowest BCUT2D eigenvalue weighted by atomic mass is 9.93. The lowest BCUT2D eigenvalue weighted by Gasteiger charge is -2.27. The summed E-state index contributed by atoms with van der Waals surface area (Å²) in [6.45, 7) is 8.38. The van der Waals surface area contributed by atoms with E-state index in [9.17, 15) is 13.2 Å². The second kappa shape index (κ2) is 7.16. The van der Waals surface area contributed by atoms with Gasteiger partial charge in [-0.1, -0.05) is 6.92 Å². The molecule has 1 aromatic carbocycles. The van der Waals surface area contributed by atoms with E-state index in [-0.39, 0.29) is 16.7 Å². The number of rotatable bonds is 5. The van der Waals surface area contributed by atoms with Crippen LogP contribution in [0.15, 0.2) is 34.5 Å². The van der Waals surface area contributed by atoms with Gasteiger partial charge in [0.1, 0.15) is 16.6 Å². The molecular formula is C19H24N2O4S2. The van der Waals surface area contributed by atoms with Crippen LogP contribution < -0.4 is 14.4 Å². The highest BCUT2D eigenvalue weighted by atomic mass is 32.2. The number of hydrogen-bond acceptors (Lipinski definition) is 5. The maximum Gasteiger partial charge on any atom is 0.271 e. The maximum absolute atomic E-state index is 12.9. The number of nitrogens with one attached hydrogen (secondary N) is 1. The summed E-state index contributed by atoms with van der Waals surface area (Å²) >= 11 is 1.22. The monoisotopic (exact) mass is 408 g/mol. The number of fused-ring (bicyclic) bond motifs is 1. The third kappa shape index (κ3) is 3.96. The van der Waals surface area contributed by atoms with Crippen molar-refractivity contribution in [2.75, 3.05) is 22.8 Å². The molecule has 0 saturated carbocycles. The predicted octanol–water partition coefficient (Wildman–Crippen LogP) is 4.02. The zero-order valence-electron chi connectivity index (χ0n) is 15.9. The second-order valence-corrected chi connectivity index (χ2v) is 10.5. The minimum absolute atomic E-state index is 0.0306. The van der Waals surface area contributed by atoms with Gasteiger partial charge in [-0.3, -0.25) is 9.52 Å². The summed E-state index contributed by atoms with van der Waals surface area (Å²) in [5.74, 6) is 0.550. The minimum Gasteiger partial charge on any atom is -0.490 e. The number of carbonyl (C=O) groups excluding carboxylic acids is 1. The van der Waals surface area contributed by atoms with Crippen molar-refractivity contribution in [3.63, 3.8) is 0 Å². The molecular weight excluding hydrogens is 384 g/mol. The molecule has 146 valence electrons. The molecule has 0 aliphatic carbocycles. The van der Waals surface area contributed by atoms with Crippen LogP contribution in [0.3, 0.4) is 0 Å². The van der Waals surface area contributed by atoms with Crippen LogP contribution in [0.5, 0.6) is 5.75 Å². The van der Waals surface area contributed by atoms with Gasteiger partial charge in [-0.15, -0.1) is 11.3 Å². The number of amides is 1. The van der Waals surface area contributed by atoms with Gasteiger partial charge >= 0.3 is 0 Å². The van der Waals surface area contributed by atoms with Crippen LogP contribution in [0.4, 0.5) is 11.4 Å². The molecule has 0 atom stereocenters. The number of hydrogen-bond donors (Lipinski definition) is 1. The maximum atomic E-state index is 12.9. The van der Waals surface area contributed by atoms with E-state index >= 15 is 0 Å². The zero-order valence-corrected chi connectivity index (χ0v) is 17.5. The summed E-state index contributed by atoms with van der Waals surface area (Å²) in [4.78, 5) is 15.6. The number of aryl methyl sites for hydroxylation is 1. The van der Waals surface area contributed by atoms with Gasteiger partial charge in [0.2, 0.25) is 5.91 Å². The molecule has 3 rings (SSSR count). The Morgan fingerprint density at radius 1 is 1.26 bits per heavy atom. The van der Waals surface area contributed by atoms with E-state index in [0.717, 1.165) is 11.3 Å². The minimum atomic E-state index is -3.67. The molecule has 0 bridgehead atoms. The summed E-state index contributed by atoms with van der Waals surface area (Å²) in [5.41, 5.74) is 0.342. The fourth-order valence-electron chi connectivity index (χ4n) is 2.92. The van der Waals surface area contributed by atoms with Gasteiger partial charge in [0.15, 0.2) is 0 Å². The van der Waals surface area contributed by atoms with Crippen LogP contribution in [0.2, 0.25) is 0 Å². The SMILES string of the molecule is CCCN1C(=O)C(C)(C)COc2ccc(NS(=O)(=O)c3ccc(C)s3)cc21. The first-order valence-corrected chi connectivity index (χ1v) is 11.1. The van der Waals surface area contributed by atoms with Crippen molar-refractivity contribution >= 4 is 38.6 Å². The molecule has 1 amide bonds. The molecule has 1 N–H and O–H groups in total. The van der Waals surface area contributed by atoms with Crippen molar-refractivity contribution in [1.82, 2.24) is 0 Å². The van der Waals surface area contributed by atoms with Gasteiger partial charge in [0, 0.05) is 11.4 Å². The molecule has 0 fully saturated rings. The number of anilines is 2. The first kappa shape index (κ1) is 19.7. The van der Waals surface area contributed by atoms with Crippen molar-refractivity contribution in [3.05, 3.63) is 35.2 Å². The van der Waals surface area contributed by atoms with Crippen molar-refractivity contribution < 1.29 is 17.9 Å². The smallest absolute Gasteiger partial charge is 0.271 e. The van der Waals surface area contributed by atoms with Gasteiger partial charge in [-0.05, 0) is 57.5 Å². The van der Waals surface area contributed by atoms with Crippen LogP contribution in [0.25, 0.3) is 0 Å². The zero-order chi connectivity index (χ0) is 19.8. The van der Waals surface area contributed by atoms with Crippen LogP contribution in [0, 0.1) is 12.3 Å². The summed E-state index contributed by atoms with van der Waals surface area (Å²) in [6, 6.07) is 8.40. The molecule has 1 aliphatic rings. The van der Waals surface area contributed by atoms with Crippen molar-refractivity contribution in [2.24, 2.45) is 5.41 Å². The predicted molar refractivity (Wildman–Crippen MR) is 108 cm³/mol. The van der Waals surface area contributed by atoms with Crippen LogP contribution >= 0.6 is 11.3 Å². The normalized spacial score (nSPS) is 16.4. The molecule has 0 spiro atoms. The first-order valence-electron chi connectivity index (χ1n) is 8.82. The third-order valence-corrected chi connectivity index (χ3v) is 7.22. The Bertz CT molecular complexity index is 964. The molecule has 27 heavy (non-hydrogen) atoms. The summed E-state index contributed by atoms with van der Waals surface area (Å²) in [5, 5.41) is 0. The van der Waals surface area contributed by atoms with Crippen LogP contribution in [0.1, 0.15) is 32.1 Å². The highest BCUT2D eigenvalue weighted by molar-refractivity contribution is 7.94. The van der Waals surface area contributed by atoms with E-state index in [4.69, 9.17) is 4.74 Å². The van der Waals surface area contributed by atoms with E-state index < -0.39 is 15.4 Å². The Morgan fingerprint density at radius 2 is 2.00 bits per heavy atom. The van der Waals surface area contributed by atoms with E-state index in [0.29, 0.717) is 23.7 Å². The number of carbonyl (C=O) groups is 1. The van der Waals surface area contributed by atoms with Crippen LogP contribution in [-0.4, -0.2) is 27.5 Å². The molecule has 0 unspecified atom stereocenters. The molecule has 1 aromatic heterocycles. The van der Waals surface area contributed by atoms with Crippen molar-refractivity contribution in [2.45, 2.75) is 38.3 Å². The number of benzene rings is 1.